The number of anilines is 1. The third kappa shape index (κ3) is 3.88. The molecule has 0 aliphatic rings. The molecule has 3 aromatic rings. The number of ether oxygens (including phenoxy) is 4. The Labute approximate surface area is 188 Å². The van der Waals surface area contributed by atoms with Gasteiger partial charge in [0.2, 0.25) is 5.75 Å². The average molecular weight is 457 g/mol. The van der Waals surface area contributed by atoms with Gasteiger partial charge in [-0.2, -0.15) is 0 Å². The lowest BCUT2D eigenvalue weighted by atomic mass is 10.1. The molecule has 0 spiro atoms. The molecule has 0 aliphatic heterocycles. The smallest absolute Gasteiger partial charge is 0.340 e. The molecule has 11 heteroatoms. The third-order valence-electron chi connectivity index (χ3n) is 5.20. The molecule has 11 nitrogen and oxygen atoms in total. The Kier molecular flexibility index (Phi) is 6.43. The van der Waals surface area contributed by atoms with Gasteiger partial charge in [-0.15, -0.1) is 0 Å². The van der Waals surface area contributed by atoms with Crippen molar-refractivity contribution in [2.45, 2.75) is 0 Å². The van der Waals surface area contributed by atoms with Crippen molar-refractivity contribution in [2.75, 3.05) is 33.8 Å². The molecular formula is C22H23N3O8. The summed E-state index contributed by atoms with van der Waals surface area (Å²) in [4.78, 5) is 50.3. The monoisotopic (exact) mass is 457 g/mol. The van der Waals surface area contributed by atoms with Crippen molar-refractivity contribution in [1.82, 2.24) is 9.13 Å². The van der Waals surface area contributed by atoms with Gasteiger partial charge in [-0.1, -0.05) is 0 Å². The largest absolute Gasteiger partial charge is 0.493 e. The second kappa shape index (κ2) is 9.07. The number of esters is 1. The Morgan fingerprint density at radius 3 is 2.12 bits per heavy atom. The lowest BCUT2D eigenvalue weighted by Gasteiger charge is -2.19. The van der Waals surface area contributed by atoms with Crippen molar-refractivity contribution in [3.8, 4) is 17.2 Å². The van der Waals surface area contributed by atoms with Gasteiger partial charge in [0.05, 0.1) is 44.9 Å². The number of nitrogens with one attached hydrogen (secondary N) is 1. The molecule has 0 fully saturated rings. The Hall–Kier alpha value is -4.28. The van der Waals surface area contributed by atoms with Crippen LogP contribution in [0.2, 0.25) is 0 Å². The molecule has 1 aromatic heterocycles. The minimum atomic E-state index is -0.744. The molecule has 0 atom stereocenters. The minimum absolute atomic E-state index is 0.000427. The fourth-order valence-corrected chi connectivity index (χ4v) is 3.47. The summed E-state index contributed by atoms with van der Waals surface area (Å²) in [6.07, 6.45) is 0. The van der Waals surface area contributed by atoms with E-state index in [-0.39, 0.29) is 39.4 Å². The maximum atomic E-state index is 13.1. The van der Waals surface area contributed by atoms with Crippen molar-refractivity contribution in [1.29, 1.82) is 0 Å². The van der Waals surface area contributed by atoms with E-state index in [4.69, 9.17) is 18.9 Å². The molecule has 0 saturated heterocycles. The fraction of sp³-hybridized carbons (Fsp3) is 0.273. The van der Waals surface area contributed by atoms with Crippen LogP contribution in [0.1, 0.15) is 20.7 Å². The molecule has 0 aliphatic carbocycles. The first-order valence-corrected chi connectivity index (χ1v) is 9.62. The molecule has 0 unspecified atom stereocenters. The molecule has 1 amide bonds. The summed E-state index contributed by atoms with van der Waals surface area (Å²) >= 11 is 0. The third-order valence-corrected chi connectivity index (χ3v) is 5.20. The number of methoxy groups -OCH3 is 4. The topological polar surface area (TPSA) is 127 Å². The van der Waals surface area contributed by atoms with E-state index in [2.05, 4.69) is 5.32 Å². The van der Waals surface area contributed by atoms with E-state index in [1.54, 1.807) is 0 Å². The molecule has 0 saturated carbocycles. The van der Waals surface area contributed by atoms with Crippen molar-refractivity contribution in [2.24, 2.45) is 14.1 Å². The predicted octanol–water partition coefficient (Wildman–Crippen LogP) is 1.30. The highest BCUT2D eigenvalue weighted by Gasteiger charge is 2.26. The zero-order valence-corrected chi connectivity index (χ0v) is 19.0. The van der Waals surface area contributed by atoms with E-state index in [0.29, 0.717) is 5.52 Å². The Morgan fingerprint density at radius 2 is 1.55 bits per heavy atom. The number of benzene rings is 2. The van der Waals surface area contributed by atoms with Gasteiger partial charge < -0.3 is 24.3 Å². The second-order valence-electron chi connectivity index (χ2n) is 6.95. The summed E-state index contributed by atoms with van der Waals surface area (Å²) in [5.74, 6) is -0.978. The van der Waals surface area contributed by atoms with E-state index in [9.17, 15) is 19.2 Å². The molecule has 0 radical (unpaired) electrons. The van der Waals surface area contributed by atoms with Crippen LogP contribution in [0.15, 0.2) is 33.9 Å². The molecule has 33 heavy (non-hydrogen) atoms. The van der Waals surface area contributed by atoms with Gasteiger partial charge >= 0.3 is 11.7 Å². The molecule has 1 heterocycles. The van der Waals surface area contributed by atoms with Crippen molar-refractivity contribution in [3.63, 3.8) is 0 Å². The summed E-state index contributed by atoms with van der Waals surface area (Å²) in [5, 5.41) is 2.81. The fourth-order valence-electron chi connectivity index (χ4n) is 3.47. The first-order chi connectivity index (χ1) is 15.7. The number of nitrogens with zero attached hydrogens (tertiary/aromatic N) is 2. The SMILES string of the molecule is COC(=O)c1cc(OC)c(OC)c(OC)c1NC(=O)c1ccc2c(c1)c(=O)n(C)c(=O)n2C. The Balaban J connectivity index is 2.18. The predicted molar refractivity (Wildman–Crippen MR) is 120 cm³/mol. The maximum Gasteiger partial charge on any atom is 0.340 e. The maximum absolute atomic E-state index is 13.1. The van der Waals surface area contributed by atoms with Gasteiger partial charge in [0.25, 0.3) is 11.5 Å². The summed E-state index contributed by atoms with van der Waals surface area (Å²) in [6, 6.07) is 5.69. The zero-order chi connectivity index (χ0) is 24.4. The second-order valence-corrected chi connectivity index (χ2v) is 6.95. The van der Waals surface area contributed by atoms with Crippen LogP contribution < -0.4 is 30.8 Å². The molecule has 3 rings (SSSR count). The lowest BCUT2D eigenvalue weighted by molar-refractivity contribution is 0.0601. The highest BCUT2D eigenvalue weighted by atomic mass is 16.5. The van der Waals surface area contributed by atoms with E-state index in [1.165, 1.54) is 71.4 Å². The van der Waals surface area contributed by atoms with Crippen LogP contribution in [0.3, 0.4) is 0 Å². The van der Waals surface area contributed by atoms with Crippen LogP contribution >= 0.6 is 0 Å². The minimum Gasteiger partial charge on any atom is -0.493 e. The average Bonchev–Trinajstić information content (AvgIpc) is 2.84. The van der Waals surface area contributed by atoms with E-state index < -0.39 is 23.1 Å². The molecule has 1 N–H and O–H groups in total. The van der Waals surface area contributed by atoms with Crippen LogP contribution in [0, 0.1) is 0 Å². The Bertz CT molecular complexity index is 1390. The first-order valence-electron chi connectivity index (χ1n) is 9.62. The molecule has 2 aromatic carbocycles. The van der Waals surface area contributed by atoms with E-state index >= 15 is 0 Å². The van der Waals surface area contributed by atoms with Crippen LogP contribution in [-0.2, 0) is 18.8 Å². The highest BCUT2D eigenvalue weighted by Crippen LogP contribution is 2.45. The lowest BCUT2D eigenvalue weighted by Crippen LogP contribution is -2.37. The molecule has 0 bridgehead atoms. The molecular weight excluding hydrogens is 434 g/mol. The van der Waals surface area contributed by atoms with Crippen LogP contribution in [0.25, 0.3) is 10.9 Å². The standard InChI is InChI=1S/C22H23N3O8/c1-24-14-8-7-11(9-12(14)20(27)25(2)22(24)29)19(26)23-16-13(21(28)33-6)10-15(30-3)17(31-4)18(16)32-5/h7-10H,1-6H3,(H,23,26). The number of hydrogen-bond donors (Lipinski definition) is 1. The number of rotatable bonds is 6. The summed E-state index contributed by atoms with van der Waals surface area (Å²) in [5.41, 5.74) is -0.561. The number of aryl methyl sites for hydroxylation is 1. The molecule has 174 valence electrons. The normalized spacial score (nSPS) is 10.6. The number of aromatic nitrogens is 2. The quantitative estimate of drug-likeness (QED) is 0.549. The van der Waals surface area contributed by atoms with Gasteiger partial charge in [-0.05, 0) is 18.2 Å². The van der Waals surface area contributed by atoms with E-state index in [0.717, 1.165) is 4.57 Å². The summed E-state index contributed by atoms with van der Waals surface area (Å²) in [7, 11) is 8.19. The van der Waals surface area contributed by atoms with Gasteiger partial charge in [0.1, 0.15) is 5.69 Å². The van der Waals surface area contributed by atoms with Crippen LogP contribution in [0.5, 0.6) is 17.2 Å². The van der Waals surface area contributed by atoms with Crippen molar-refractivity contribution in [3.05, 3.63) is 56.2 Å². The number of amides is 1. The van der Waals surface area contributed by atoms with Gasteiger partial charge in [-0.25, -0.2) is 9.59 Å². The number of carbonyl (C=O) groups is 2. The summed E-state index contributed by atoms with van der Waals surface area (Å²) < 4.78 is 23.1. The van der Waals surface area contributed by atoms with Gasteiger partial charge in [0, 0.05) is 25.7 Å². The van der Waals surface area contributed by atoms with Crippen LogP contribution in [-0.4, -0.2) is 49.4 Å². The van der Waals surface area contributed by atoms with Crippen molar-refractivity contribution < 1.29 is 28.5 Å². The van der Waals surface area contributed by atoms with Gasteiger partial charge in [0.15, 0.2) is 11.5 Å². The van der Waals surface area contributed by atoms with Crippen LogP contribution in [0.4, 0.5) is 5.69 Å². The highest BCUT2D eigenvalue weighted by molar-refractivity contribution is 6.11. The summed E-state index contributed by atoms with van der Waals surface area (Å²) in [6.45, 7) is 0. The zero-order valence-electron chi connectivity index (χ0n) is 19.0. The van der Waals surface area contributed by atoms with E-state index in [1.807, 2.05) is 0 Å². The first kappa shape index (κ1) is 23.4. The number of fused-ring (bicyclic) bond motifs is 1. The number of carbonyl (C=O) groups excluding carboxylic acids is 2. The number of hydrogen-bond acceptors (Lipinski definition) is 8. The van der Waals surface area contributed by atoms with Crippen molar-refractivity contribution >= 4 is 28.5 Å². The Morgan fingerprint density at radius 1 is 0.879 bits per heavy atom. The van der Waals surface area contributed by atoms with Gasteiger partial charge in [-0.3, -0.25) is 18.7 Å².